The van der Waals surface area contributed by atoms with Crippen molar-refractivity contribution in [3.63, 3.8) is 0 Å². The summed E-state index contributed by atoms with van der Waals surface area (Å²) >= 11 is 0. The van der Waals surface area contributed by atoms with Gasteiger partial charge in [0.05, 0.1) is 11.4 Å². The van der Waals surface area contributed by atoms with Crippen LogP contribution in [0.4, 0.5) is 17.1 Å². The zero-order chi connectivity index (χ0) is 45.2. The molecule has 0 amide bonds. The van der Waals surface area contributed by atoms with Crippen LogP contribution in [0.15, 0.2) is 277 Å². The van der Waals surface area contributed by atoms with Gasteiger partial charge in [0.2, 0.25) is 0 Å². The van der Waals surface area contributed by atoms with Crippen molar-refractivity contribution in [2.75, 3.05) is 4.90 Å². The first-order valence-corrected chi connectivity index (χ1v) is 23.2. The third kappa shape index (κ3) is 7.64. The minimum absolute atomic E-state index is 0.896. The Morgan fingerprint density at radius 3 is 1.16 bits per heavy atom. The van der Waals surface area contributed by atoms with E-state index in [1.165, 1.54) is 22.3 Å². The molecule has 0 N–H and O–H groups in total. The van der Waals surface area contributed by atoms with Crippen molar-refractivity contribution in [2.24, 2.45) is 0 Å². The lowest BCUT2D eigenvalue weighted by Gasteiger charge is -2.31. The van der Waals surface area contributed by atoms with Gasteiger partial charge in [-0.15, -0.1) is 0 Å². The van der Waals surface area contributed by atoms with Gasteiger partial charge in [-0.3, -0.25) is 0 Å². The molecule has 1 aromatic heterocycles. The number of fused-ring (bicyclic) bond motifs is 3. The molecule has 0 aliphatic rings. The molecule has 0 aliphatic heterocycles. The van der Waals surface area contributed by atoms with Gasteiger partial charge in [0, 0.05) is 33.2 Å². The zero-order valence-electron chi connectivity index (χ0n) is 37.3. The molecule has 0 saturated heterocycles. The van der Waals surface area contributed by atoms with Crippen molar-refractivity contribution in [1.82, 2.24) is 0 Å². The second-order valence-corrected chi connectivity index (χ2v) is 17.2. The summed E-state index contributed by atoms with van der Waals surface area (Å²) in [5.74, 6) is 0. The fourth-order valence-corrected chi connectivity index (χ4v) is 9.77. The Morgan fingerprint density at radius 1 is 0.235 bits per heavy atom. The van der Waals surface area contributed by atoms with Crippen molar-refractivity contribution in [3.8, 4) is 77.9 Å². The number of benzene rings is 11. The van der Waals surface area contributed by atoms with Crippen LogP contribution in [0.5, 0.6) is 0 Å². The maximum atomic E-state index is 6.58. The van der Waals surface area contributed by atoms with Crippen molar-refractivity contribution in [1.29, 1.82) is 0 Å². The van der Waals surface area contributed by atoms with Crippen LogP contribution in [-0.2, 0) is 0 Å². The van der Waals surface area contributed by atoms with Crippen molar-refractivity contribution >= 4 is 39.0 Å². The lowest BCUT2D eigenvalue weighted by atomic mass is 9.90. The Bertz CT molecular complexity index is 3570. The number of hydrogen-bond acceptors (Lipinski definition) is 2. The molecule has 0 fully saturated rings. The van der Waals surface area contributed by atoms with E-state index >= 15 is 0 Å². The molecule has 2 nitrogen and oxygen atoms in total. The molecule has 0 bridgehead atoms. The number of furan rings is 1. The average Bonchev–Trinajstić information content (AvgIpc) is 3.82. The fourth-order valence-electron chi connectivity index (χ4n) is 9.77. The molecule has 12 rings (SSSR count). The Kier molecular flexibility index (Phi) is 10.6. The van der Waals surface area contributed by atoms with Gasteiger partial charge < -0.3 is 9.32 Å². The maximum absolute atomic E-state index is 6.58. The zero-order valence-corrected chi connectivity index (χ0v) is 37.3. The standard InChI is InChI=1S/C66H45NO/c1-6-19-46(20-7-1)53-36-41-63(61(44-53)50-25-12-4-13-26-50)67(64-42-37-54(47-21-8-2-9-22-47)45-62(64)51-27-14-5-15-28-51)55-38-33-48(34-39-55)52-35-40-56(60(43-52)49-23-10-3-11-24-49)58-30-18-31-59-57-29-16-17-32-65(57)68-66(58)59/h1-45H. The van der Waals surface area contributed by atoms with E-state index in [1.54, 1.807) is 0 Å². The van der Waals surface area contributed by atoms with Crippen LogP contribution in [0.1, 0.15) is 0 Å². The van der Waals surface area contributed by atoms with Crippen molar-refractivity contribution < 1.29 is 4.42 Å². The normalized spacial score (nSPS) is 11.2. The van der Waals surface area contributed by atoms with Crippen LogP contribution < -0.4 is 4.90 Å². The van der Waals surface area contributed by atoms with E-state index in [9.17, 15) is 0 Å². The fraction of sp³-hybridized carbons (Fsp3) is 0. The Hall–Kier alpha value is -8.98. The molecule has 0 spiro atoms. The molecule has 0 radical (unpaired) electrons. The molecule has 68 heavy (non-hydrogen) atoms. The summed E-state index contributed by atoms with van der Waals surface area (Å²) in [5, 5.41) is 2.25. The Morgan fingerprint density at radius 2 is 0.632 bits per heavy atom. The first kappa shape index (κ1) is 40.5. The van der Waals surface area contributed by atoms with Crippen LogP contribution in [0.3, 0.4) is 0 Å². The van der Waals surface area contributed by atoms with Crippen LogP contribution in [0.25, 0.3) is 99.8 Å². The summed E-state index contributed by atoms with van der Waals surface area (Å²) in [6.07, 6.45) is 0. The predicted molar refractivity (Wildman–Crippen MR) is 286 cm³/mol. The highest BCUT2D eigenvalue weighted by Gasteiger charge is 2.23. The van der Waals surface area contributed by atoms with Gasteiger partial charge >= 0.3 is 0 Å². The number of hydrogen-bond donors (Lipinski definition) is 0. The number of para-hydroxylation sites is 2. The summed E-state index contributed by atoms with van der Waals surface area (Å²) < 4.78 is 6.58. The Labute approximate surface area is 397 Å². The molecular formula is C66H45NO. The summed E-state index contributed by atoms with van der Waals surface area (Å²) in [6, 6.07) is 98.1. The molecule has 0 atom stereocenters. The molecule has 0 saturated carbocycles. The topological polar surface area (TPSA) is 16.4 Å². The molecule has 1 heterocycles. The Balaban J connectivity index is 1.03. The minimum atomic E-state index is 0.896. The van der Waals surface area contributed by atoms with E-state index in [2.05, 4.69) is 272 Å². The molecule has 12 aromatic rings. The van der Waals surface area contributed by atoms with Gasteiger partial charge in [-0.1, -0.05) is 224 Å². The molecule has 320 valence electrons. The van der Waals surface area contributed by atoms with Crippen LogP contribution in [-0.4, -0.2) is 0 Å². The highest BCUT2D eigenvalue weighted by molar-refractivity contribution is 6.11. The predicted octanol–water partition coefficient (Wildman–Crippen LogP) is 18.7. The number of nitrogens with zero attached hydrogens (tertiary/aromatic N) is 1. The number of rotatable bonds is 10. The number of anilines is 3. The summed E-state index contributed by atoms with van der Waals surface area (Å²) in [4.78, 5) is 2.45. The van der Waals surface area contributed by atoms with Gasteiger partial charge in [-0.2, -0.15) is 0 Å². The molecule has 0 unspecified atom stereocenters. The van der Waals surface area contributed by atoms with Crippen molar-refractivity contribution in [3.05, 3.63) is 273 Å². The largest absolute Gasteiger partial charge is 0.455 e. The van der Waals surface area contributed by atoms with Gasteiger partial charge in [-0.05, 0) is 110 Å². The third-order valence-electron chi connectivity index (χ3n) is 13.1. The van der Waals surface area contributed by atoms with E-state index < -0.39 is 0 Å². The summed E-state index contributed by atoms with van der Waals surface area (Å²) in [5.41, 5.74) is 21.1. The molecular weight excluding hydrogens is 823 g/mol. The second-order valence-electron chi connectivity index (χ2n) is 17.2. The van der Waals surface area contributed by atoms with Gasteiger partial charge in [0.25, 0.3) is 0 Å². The maximum Gasteiger partial charge on any atom is 0.143 e. The highest BCUT2D eigenvalue weighted by Crippen LogP contribution is 2.48. The van der Waals surface area contributed by atoms with E-state index in [4.69, 9.17) is 4.42 Å². The third-order valence-corrected chi connectivity index (χ3v) is 13.1. The summed E-state index contributed by atoms with van der Waals surface area (Å²) in [6.45, 7) is 0. The van der Waals surface area contributed by atoms with E-state index in [-0.39, 0.29) is 0 Å². The first-order valence-electron chi connectivity index (χ1n) is 23.2. The summed E-state index contributed by atoms with van der Waals surface area (Å²) in [7, 11) is 0. The molecule has 0 aliphatic carbocycles. The minimum Gasteiger partial charge on any atom is -0.455 e. The van der Waals surface area contributed by atoms with Gasteiger partial charge in [0.15, 0.2) is 0 Å². The lowest BCUT2D eigenvalue weighted by Crippen LogP contribution is -2.13. The van der Waals surface area contributed by atoms with E-state index in [1.807, 2.05) is 6.07 Å². The average molecular weight is 868 g/mol. The van der Waals surface area contributed by atoms with Crippen LogP contribution >= 0.6 is 0 Å². The first-order chi connectivity index (χ1) is 33.7. The second kappa shape index (κ2) is 17.8. The van der Waals surface area contributed by atoms with Gasteiger partial charge in [0.1, 0.15) is 11.2 Å². The molecule has 11 aromatic carbocycles. The molecule has 2 heteroatoms. The lowest BCUT2D eigenvalue weighted by molar-refractivity contribution is 0.670. The highest BCUT2D eigenvalue weighted by atomic mass is 16.3. The van der Waals surface area contributed by atoms with E-state index in [0.29, 0.717) is 0 Å². The SMILES string of the molecule is c1ccc(-c2ccc(N(c3ccc(-c4ccc(-c5cccc6c5oc5ccccc56)c(-c5ccccc5)c4)cc3)c3ccc(-c4ccccc4)cc3-c3ccccc3)c(-c3ccccc3)c2)cc1. The quantitative estimate of drug-likeness (QED) is 0.136. The monoisotopic (exact) mass is 867 g/mol. The van der Waals surface area contributed by atoms with E-state index in [0.717, 1.165) is 94.6 Å². The van der Waals surface area contributed by atoms with Crippen molar-refractivity contribution in [2.45, 2.75) is 0 Å². The smallest absolute Gasteiger partial charge is 0.143 e. The van der Waals surface area contributed by atoms with Crippen LogP contribution in [0, 0.1) is 0 Å². The van der Waals surface area contributed by atoms with Gasteiger partial charge in [-0.25, -0.2) is 0 Å². The van der Waals surface area contributed by atoms with Crippen LogP contribution in [0.2, 0.25) is 0 Å².